The van der Waals surface area contributed by atoms with Crippen molar-refractivity contribution >= 4 is 34.5 Å². The van der Waals surface area contributed by atoms with Gasteiger partial charge in [0.05, 0.1) is 29.6 Å². The molecule has 6 rings (SSSR count). The third kappa shape index (κ3) is 4.92. The number of fused-ring (bicyclic) bond motifs is 1. The number of nitrogens with zero attached hydrogens (tertiary/aromatic N) is 4. The Hall–Kier alpha value is -5.90. The molecule has 0 aliphatic rings. The van der Waals surface area contributed by atoms with Crippen LogP contribution in [0, 0.1) is 5.82 Å². The number of amides is 1. The Bertz CT molecular complexity index is 1960. The SMILES string of the molecule is COC(=O)c1ccc(NC(=O)c2ccc(-n3c(-c4cccnc4N)nc4ccc(-c5ccccc5)nc43)cc2)c(F)c1. The zero-order chi connectivity index (χ0) is 29.2. The fraction of sp³-hybridized carbons (Fsp3) is 0.0312. The summed E-state index contributed by atoms with van der Waals surface area (Å²) < 4.78 is 21.0. The number of nitrogen functional groups attached to an aromatic ring is 1. The molecule has 0 saturated heterocycles. The number of esters is 1. The number of pyridine rings is 2. The van der Waals surface area contributed by atoms with Crippen molar-refractivity contribution in [1.82, 2.24) is 19.5 Å². The maximum atomic E-state index is 14.6. The molecule has 0 aliphatic heterocycles. The van der Waals surface area contributed by atoms with Crippen LogP contribution in [0.25, 0.3) is 39.5 Å². The third-order valence-corrected chi connectivity index (χ3v) is 6.68. The Morgan fingerprint density at radius 2 is 1.64 bits per heavy atom. The molecule has 0 bridgehead atoms. The van der Waals surface area contributed by atoms with Gasteiger partial charge >= 0.3 is 5.97 Å². The number of benzene rings is 3. The number of imidazole rings is 1. The molecule has 9 nitrogen and oxygen atoms in total. The van der Waals surface area contributed by atoms with Gasteiger partial charge in [-0.15, -0.1) is 0 Å². The largest absolute Gasteiger partial charge is 0.465 e. The van der Waals surface area contributed by atoms with E-state index < -0.39 is 17.7 Å². The summed E-state index contributed by atoms with van der Waals surface area (Å²) in [6.45, 7) is 0. The van der Waals surface area contributed by atoms with Crippen LogP contribution in [-0.4, -0.2) is 38.5 Å². The van der Waals surface area contributed by atoms with Crippen LogP contribution in [0.3, 0.4) is 0 Å². The van der Waals surface area contributed by atoms with Crippen molar-refractivity contribution in [2.75, 3.05) is 18.2 Å². The van der Waals surface area contributed by atoms with Crippen LogP contribution in [0.15, 0.2) is 103 Å². The second-order valence-corrected chi connectivity index (χ2v) is 9.30. The Kier molecular flexibility index (Phi) is 6.85. The van der Waals surface area contributed by atoms with Crippen LogP contribution in [0.1, 0.15) is 20.7 Å². The van der Waals surface area contributed by atoms with Crippen molar-refractivity contribution in [2.24, 2.45) is 0 Å². The minimum absolute atomic E-state index is 0.0407. The molecule has 3 heterocycles. The van der Waals surface area contributed by atoms with E-state index in [9.17, 15) is 14.0 Å². The van der Waals surface area contributed by atoms with Gasteiger partial charge in [0, 0.05) is 23.0 Å². The number of nitrogens with one attached hydrogen (secondary N) is 1. The van der Waals surface area contributed by atoms with E-state index in [1.54, 1.807) is 36.5 Å². The standard InChI is InChI=1S/C32H23FN6O3/c1-42-32(41)21-11-14-26(24(33)18-21)38-31(40)20-9-12-22(13-10-20)39-29(23-8-5-17-35-28(23)34)37-27-16-15-25(36-30(27)39)19-6-3-2-4-7-19/h2-18H,1H3,(H2,34,35)(H,38,40). The smallest absolute Gasteiger partial charge is 0.337 e. The summed E-state index contributed by atoms with van der Waals surface area (Å²) in [5, 5.41) is 2.54. The van der Waals surface area contributed by atoms with E-state index in [4.69, 9.17) is 15.7 Å². The van der Waals surface area contributed by atoms with E-state index in [0.717, 1.165) is 17.3 Å². The molecular formula is C32H23FN6O3. The van der Waals surface area contributed by atoms with E-state index in [2.05, 4.69) is 15.0 Å². The summed E-state index contributed by atoms with van der Waals surface area (Å²) in [4.78, 5) is 38.6. The number of carbonyl (C=O) groups excluding carboxylic acids is 2. The maximum absolute atomic E-state index is 14.6. The lowest BCUT2D eigenvalue weighted by Gasteiger charge is -2.12. The van der Waals surface area contributed by atoms with E-state index >= 15 is 0 Å². The molecular weight excluding hydrogens is 535 g/mol. The normalized spacial score (nSPS) is 10.9. The van der Waals surface area contributed by atoms with Crippen LogP contribution in [0.2, 0.25) is 0 Å². The summed E-state index contributed by atoms with van der Waals surface area (Å²) in [5.74, 6) is -1.10. The number of halogens is 1. The molecule has 3 N–H and O–H groups in total. The van der Waals surface area contributed by atoms with Gasteiger partial charge in [0.15, 0.2) is 11.5 Å². The van der Waals surface area contributed by atoms with Crippen molar-refractivity contribution in [1.29, 1.82) is 0 Å². The van der Waals surface area contributed by atoms with Gasteiger partial charge in [-0.3, -0.25) is 9.36 Å². The highest BCUT2D eigenvalue weighted by molar-refractivity contribution is 6.04. The predicted octanol–water partition coefficient (Wildman–Crippen LogP) is 5.91. The lowest BCUT2D eigenvalue weighted by atomic mass is 10.1. The average molecular weight is 559 g/mol. The second-order valence-electron chi connectivity index (χ2n) is 9.30. The number of anilines is 2. The number of hydrogen-bond donors (Lipinski definition) is 2. The van der Waals surface area contributed by atoms with Crippen LogP contribution in [0.5, 0.6) is 0 Å². The summed E-state index contributed by atoms with van der Waals surface area (Å²) in [5.41, 5.74) is 10.8. The molecule has 0 radical (unpaired) electrons. The van der Waals surface area contributed by atoms with Crippen molar-refractivity contribution in [3.8, 4) is 28.3 Å². The van der Waals surface area contributed by atoms with Gasteiger partial charge in [0.25, 0.3) is 5.91 Å². The molecule has 42 heavy (non-hydrogen) atoms. The highest BCUT2D eigenvalue weighted by atomic mass is 19.1. The number of rotatable bonds is 6. The molecule has 0 atom stereocenters. The Morgan fingerprint density at radius 1 is 0.881 bits per heavy atom. The molecule has 10 heteroatoms. The van der Waals surface area contributed by atoms with Crippen molar-refractivity contribution in [2.45, 2.75) is 0 Å². The predicted molar refractivity (Wildman–Crippen MR) is 158 cm³/mol. The second kappa shape index (κ2) is 10.9. The number of carbonyl (C=O) groups is 2. The fourth-order valence-corrected chi connectivity index (χ4v) is 4.58. The highest BCUT2D eigenvalue weighted by Gasteiger charge is 2.19. The molecule has 3 aromatic carbocycles. The summed E-state index contributed by atoms with van der Waals surface area (Å²) in [7, 11) is 1.21. The van der Waals surface area contributed by atoms with Crippen LogP contribution < -0.4 is 11.1 Å². The highest BCUT2D eigenvalue weighted by Crippen LogP contribution is 2.32. The molecule has 0 fully saturated rings. The minimum Gasteiger partial charge on any atom is -0.465 e. The summed E-state index contributed by atoms with van der Waals surface area (Å²) in [6.07, 6.45) is 1.61. The number of hydrogen-bond acceptors (Lipinski definition) is 7. The number of methoxy groups -OCH3 is 1. The summed E-state index contributed by atoms with van der Waals surface area (Å²) in [6, 6.07) is 27.7. The molecule has 6 aromatic rings. The molecule has 3 aromatic heterocycles. The first-order chi connectivity index (χ1) is 20.4. The molecule has 0 saturated carbocycles. The van der Waals surface area contributed by atoms with Gasteiger partial charge in [-0.25, -0.2) is 24.1 Å². The number of ether oxygens (including phenoxy) is 1. The lowest BCUT2D eigenvalue weighted by Crippen LogP contribution is -2.14. The Labute approximate surface area is 239 Å². The van der Waals surface area contributed by atoms with Gasteiger partial charge in [-0.1, -0.05) is 30.3 Å². The van der Waals surface area contributed by atoms with Gasteiger partial charge in [-0.05, 0) is 66.7 Å². The topological polar surface area (TPSA) is 125 Å². The van der Waals surface area contributed by atoms with E-state index in [0.29, 0.717) is 39.6 Å². The van der Waals surface area contributed by atoms with Crippen molar-refractivity contribution in [3.63, 3.8) is 0 Å². The summed E-state index contributed by atoms with van der Waals surface area (Å²) >= 11 is 0. The molecule has 0 unspecified atom stereocenters. The quantitative estimate of drug-likeness (QED) is 0.244. The van der Waals surface area contributed by atoms with Crippen LogP contribution >= 0.6 is 0 Å². The Balaban J connectivity index is 1.38. The first-order valence-electron chi connectivity index (χ1n) is 12.9. The van der Waals surface area contributed by atoms with Crippen molar-refractivity contribution < 1.29 is 18.7 Å². The van der Waals surface area contributed by atoms with Gasteiger partial charge in [0.2, 0.25) is 0 Å². The molecule has 0 spiro atoms. The average Bonchev–Trinajstić information content (AvgIpc) is 3.40. The molecule has 206 valence electrons. The first kappa shape index (κ1) is 26.3. The number of aromatic nitrogens is 4. The van der Waals surface area contributed by atoms with E-state index in [1.807, 2.05) is 53.1 Å². The maximum Gasteiger partial charge on any atom is 0.337 e. The van der Waals surface area contributed by atoms with Crippen molar-refractivity contribution in [3.05, 3.63) is 120 Å². The zero-order valence-electron chi connectivity index (χ0n) is 22.3. The van der Waals surface area contributed by atoms with E-state index in [1.165, 1.54) is 19.2 Å². The molecule has 1 amide bonds. The van der Waals surface area contributed by atoms with Crippen LogP contribution in [-0.2, 0) is 4.74 Å². The molecule has 0 aliphatic carbocycles. The van der Waals surface area contributed by atoms with Crippen LogP contribution in [0.4, 0.5) is 15.9 Å². The van der Waals surface area contributed by atoms with Gasteiger partial charge in [-0.2, -0.15) is 0 Å². The minimum atomic E-state index is -0.758. The lowest BCUT2D eigenvalue weighted by molar-refractivity contribution is 0.0600. The fourth-order valence-electron chi connectivity index (χ4n) is 4.58. The van der Waals surface area contributed by atoms with E-state index in [-0.39, 0.29) is 11.3 Å². The first-order valence-corrected chi connectivity index (χ1v) is 12.9. The van der Waals surface area contributed by atoms with Gasteiger partial charge in [0.1, 0.15) is 17.2 Å². The van der Waals surface area contributed by atoms with Gasteiger partial charge < -0.3 is 15.8 Å². The Morgan fingerprint density at radius 3 is 2.36 bits per heavy atom. The third-order valence-electron chi connectivity index (χ3n) is 6.68. The monoisotopic (exact) mass is 558 g/mol. The number of nitrogens with two attached hydrogens (primary N) is 1. The zero-order valence-corrected chi connectivity index (χ0v) is 22.3.